The van der Waals surface area contributed by atoms with Gasteiger partial charge in [0.1, 0.15) is 5.82 Å². The Morgan fingerprint density at radius 2 is 1.62 bits per heavy atom. The highest BCUT2D eigenvalue weighted by Crippen LogP contribution is 2.38. The van der Waals surface area contributed by atoms with Gasteiger partial charge in [0.05, 0.1) is 4.90 Å². The third-order valence-electron chi connectivity index (χ3n) is 4.26. The highest BCUT2D eigenvalue weighted by molar-refractivity contribution is 7.89. The van der Waals surface area contributed by atoms with E-state index in [0.29, 0.717) is 0 Å². The molecule has 0 radical (unpaired) electrons. The van der Waals surface area contributed by atoms with Crippen molar-refractivity contribution in [3.05, 3.63) is 60.2 Å². The summed E-state index contributed by atoms with van der Waals surface area (Å²) in [5.41, 5.74) is 2.53. The molecule has 1 aromatic heterocycles. The number of rotatable bonds is 4. The number of anilines is 1. The molecule has 0 atom stereocenters. The standard InChI is InChI=1S/C21H20F4N4O2S/c1-20(2,3)29-32(30,31)17-7-5-4-6-13(17)12-8-9-14(16(22)10-12)15-11-27-19(26)28-18(15)21(23,24)25/h4-11,29H,1-3H3,(H2,26,27,28). The maximum absolute atomic E-state index is 15.0. The maximum atomic E-state index is 15.0. The van der Waals surface area contributed by atoms with Gasteiger partial charge in [-0.25, -0.2) is 27.5 Å². The highest BCUT2D eigenvalue weighted by atomic mass is 32.2. The molecule has 0 bridgehead atoms. The number of nitrogen functional groups attached to an aromatic ring is 1. The molecule has 3 rings (SSSR count). The fourth-order valence-corrected chi connectivity index (χ4v) is 4.76. The minimum absolute atomic E-state index is 0.0890. The summed E-state index contributed by atoms with van der Waals surface area (Å²) < 4.78 is 83.3. The first-order valence-electron chi connectivity index (χ1n) is 9.32. The number of halogens is 4. The lowest BCUT2D eigenvalue weighted by Gasteiger charge is -2.21. The summed E-state index contributed by atoms with van der Waals surface area (Å²) in [5.74, 6) is -1.60. The maximum Gasteiger partial charge on any atom is 0.434 e. The van der Waals surface area contributed by atoms with Crippen LogP contribution in [0.15, 0.2) is 53.6 Å². The Morgan fingerprint density at radius 3 is 2.22 bits per heavy atom. The van der Waals surface area contributed by atoms with Gasteiger partial charge in [-0.2, -0.15) is 13.2 Å². The van der Waals surface area contributed by atoms with Crippen LogP contribution in [0.4, 0.5) is 23.5 Å². The predicted octanol–water partition coefficient (Wildman–Crippen LogP) is 4.63. The summed E-state index contributed by atoms with van der Waals surface area (Å²) in [6, 6.07) is 9.37. The summed E-state index contributed by atoms with van der Waals surface area (Å²) in [7, 11) is -3.96. The minimum atomic E-state index is -4.88. The van der Waals surface area contributed by atoms with Gasteiger partial charge < -0.3 is 5.73 Å². The van der Waals surface area contributed by atoms with Crippen molar-refractivity contribution in [1.29, 1.82) is 0 Å². The molecular formula is C21H20F4N4O2S. The van der Waals surface area contributed by atoms with Crippen molar-refractivity contribution in [2.24, 2.45) is 0 Å². The van der Waals surface area contributed by atoms with Crippen LogP contribution in [0.3, 0.4) is 0 Å². The van der Waals surface area contributed by atoms with Crippen LogP contribution in [0, 0.1) is 5.82 Å². The quantitative estimate of drug-likeness (QED) is 0.544. The molecule has 3 N–H and O–H groups in total. The molecule has 0 spiro atoms. The van der Waals surface area contributed by atoms with E-state index in [1.165, 1.54) is 24.3 Å². The Balaban J connectivity index is 2.13. The molecule has 0 saturated heterocycles. The van der Waals surface area contributed by atoms with E-state index >= 15 is 0 Å². The van der Waals surface area contributed by atoms with Crippen molar-refractivity contribution in [2.45, 2.75) is 37.4 Å². The summed E-state index contributed by atoms with van der Waals surface area (Å²) in [6.45, 7) is 5.03. The molecule has 2 aromatic carbocycles. The van der Waals surface area contributed by atoms with E-state index in [-0.39, 0.29) is 16.0 Å². The molecule has 32 heavy (non-hydrogen) atoms. The second-order valence-corrected chi connectivity index (χ2v) is 9.69. The van der Waals surface area contributed by atoms with Crippen molar-refractivity contribution in [3.63, 3.8) is 0 Å². The van der Waals surface area contributed by atoms with Crippen LogP contribution in [0.5, 0.6) is 0 Å². The van der Waals surface area contributed by atoms with Gasteiger partial charge in [0.15, 0.2) is 5.69 Å². The summed E-state index contributed by atoms with van der Waals surface area (Å²) in [5, 5.41) is 0. The normalized spacial score (nSPS) is 12.7. The fourth-order valence-electron chi connectivity index (χ4n) is 3.11. The van der Waals surface area contributed by atoms with Gasteiger partial charge in [0, 0.05) is 28.4 Å². The number of hydrogen-bond donors (Lipinski definition) is 2. The summed E-state index contributed by atoms with van der Waals surface area (Å²) in [4.78, 5) is 6.67. The second-order valence-electron chi connectivity index (χ2n) is 8.03. The molecule has 0 aliphatic carbocycles. The molecular weight excluding hydrogens is 448 g/mol. The number of hydrogen-bond acceptors (Lipinski definition) is 5. The smallest absolute Gasteiger partial charge is 0.368 e. The van der Waals surface area contributed by atoms with E-state index in [1.54, 1.807) is 26.8 Å². The zero-order valence-corrected chi connectivity index (χ0v) is 18.1. The van der Waals surface area contributed by atoms with Gasteiger partial charge in [-0.3, -0.25) is 0 Å². The number of nitrogens with one attached hydrogen (secondary N) is 1. The fraction of sp³-hybridized carbons (Fsp3) is 0.238. The lowest BCUT2D eigenvalue weighted by Crippen LogP contribution is -2.40. The third-order valence-corrected chi connectivity index (χ3v) is 6.08. The molecule has 170 valence electrons. The average Bonchev–Trinajstić information content (AvgIpc) is 2.66. The molecule has 6 nitrogen and oxygen atoms in total. The van der Waals surface area contributed by atoms with Gasteiger partial charge >= 0.3 is 6.18 Å². The monoisotopic (exact) mass is 468 g/mol. The predicted molar refractivity (Wildman–Crippen MR) is 112 cm³/mol. The Labute approximate surface area is 182 Å². The number of nitrogens with two attached hydrogens (primary N) is 1. The van der Waals surface area contributed by atoms with E-state index in [4.69, 9.17) is 5.73 Å². The lowest BCUT2D eigenvalue weighted by atomic mass is 9.99. The molecule has 11 heteroatoms. The Kier molecular flexibility index (Phi) is 6.00. The zero-order chi connectivity index (χ0) is 23.9. The molecule has 3 aromatic rings. The van der Waals surface area contributed by atoms with Crippen LogP contribution < -0.4 is 10.5 Å². The SMILES string of the molecule is CC(C)(C)NS(=O)(=O)c1ccccc1-c1ccc(-c2cnc(N)nc2C(F)(F)F)c(F)c1. The van der Waals surface area contributed by atoms with Crippen molar-refractivity contribution in [1.82, 2.24) is 14.7 Å². The Bertz CT molecular complexity index is 1270. The Morgan fingerprint density at radius 1 is 0.969 bits per heavy atom. The number of nitrogens with zero attached hydrogens (tertiary/aromatic N) is 2. The van der Waals surface area contributed by atoms with Crippen LogP contribution >= 0.6 is 0 Å². The second kappa shape index (κ2) is 8.14. The molecule has 0 amide bonds. The van der Waals surface area contributed by atoms with Crippen molar-refractivity contribution >= 4 is 16.0 Å². The first-order valence-corrected chi connectivity index (χ1v) is 10.8. The number of benzene rings is 2. The Hall–Kier alpha value is -3.05. The van der Waals surface area contributed by atoms with Crippen LogP contribution in [0.25, 0.3) is 22.3 Å². The van der Waals surface area contributed by atoms with Gasteiger partial charge in [-0.05, 0) is 38.5 Å². The molecule has 1 heterocycles. The van der Waals surface area contributed by atoms with E-state index in [9.17, 15) is 26.0 Å². The van der Waals surface area contributed by atoms with Crippen LogP contribution in [0.2, 0.25) is 0 Å². The number of alkyl halides is 3. The number of aromatic nitrogens is 2. The molecule has 0 fully saturated rings. The van der Waals surface area contributed by atoms with Gasteiger partial charge in [-0.15, -0.1) is 0 Å². The van der Waals surface area contributed by atoms with Crippen LogP contribution in [-0.2, 0) is 16.2 Å². The minimum Gasteiger partial charge on any atom is -0.368 e. The summed E-state index contributed by atoms with van der Waals surface area (Å²) in [6.07, 6.45) is -4.08. The first kappa shape index (κ1) is 23.6. The van der Waals surface area contributed by atoms with Crippen molar-refractivity contribution < 1.29 is 26.0 Å². The van der Waals surface area contributed by atoms with Crippen LogP contribution in [0.1, 0.15) is 26.5 Å². The third kappa shape index (κ3) is 5.05. The van der Waals surface area contributed by atoms with Crippen LogP contribution in [-0.4, -0.2) is 23.9 Å². The molecule has 0 saturated carbocycles. The zero-order valence-electron chi connectivity index (χ0n) is 17.3. The highest BCUT2D eigenvalue weighted by Gasteiger charge is 2.37. The van der Waals surface area contributed by atoms with Gasteiger partial charge in [-0.1, -0.05) is 30.3 Å². The number of sulfonamides is 1. The average molecular weight is 468 g/mol. The summed E-state index contributed by atoms with van der Waals surface area (Å²) >= 11 is 0. The van der Waals surface area contributed by atoms with Crippen molar-refractivity contribution in [2.75, 3.05) is 5.73 Å². The van der Waals surface area contributed by atoms with Crippen molar-refractivity contribution in [3.8, 4) is 22.3 Å². The molecule has 0 unspecified atom stereocenters. The van der Waals surface area contributed by atoms with E-state index < -0.39 is 50.3 Å². The van der Waals surface area contributed by atoms with Gasteiger partial charge in [0.25, 0.3) is 0 Å². The lowest BCUT2D eigenvalue weighted by molar-refractivity contribution is -0.140. The van der Waals surface area contributed by atoms with E-state index in [0.717, 1.165) is 18.3 Å². The van der Waals surface area contributed by atoms with E-state index in [2.05, 4.69) is 14.7 Å². The van der Waals surface area contributed by atoms with Gasteiger partial charge in [0.2, 0.25) is 16.0 Å². The first-order chi connectivity index (χ1) is 14.7. The molecule has 0 aliphatic rings. The largest absolute Gasteiger partial charge is 0.434 e. The molecule has 0 aliphatic heterocycles. The topological polar surface area (TPSA) is 98.0 Å². The van der Waals surface area contributed by atoms with E-state index in [1.807, 2.05) is 0 Å².